The number of nitrogens with one attached hydrogen (secondary N) is 1. The molecule has 0 radical (unpaired) electrons. The van der Waals surface area contributed by atoms with Gasteiger partial charge in [-0.05, 0) is 29.6 Å². The molecule has 0 aliphatic heterocycles. The molecule has 0 atom stereocenters. The molecule has 1 aromatic heterocycles. The molecule has 0 saturated heterocycles. The Balaban J connectivity index is 1.72. The van der Waals surface area contributed by atoms with E-state index in [0.29, 0.717) is 28.8 Å². The topological polar surface area (TPSA) is 38.3 Å². The van der Waals surface area contributed by atoms with E-state index in [1.54, 1.807) is 18.2 Å². The number of amides is 1. The first kappa shape index (κ1) is 12.9. The zero-order valence-corrected chi connectivity index (χ0v) is 11.1. The summed E-state index contributed by atoms with van der Waals surface area (Å²) >= 11 is 7.24. The number of hydrogen-bond acceptors (Lipinski definition) is 3. The number of thiophene rings is 1. The first-order valence-corrected chi connectivity index (χ1v) is 6.71. The maximum atomic E-state index is 11.6. The molecule has 0 unspecified atom stereocenters. The normalized spacial score (nSPS) is 10.1. The van der Waals surface area contributed by atoms with Crippen molar-refractivity contribution in [1.29, 1.82) is 0 Å². The van der Waals surface area contributed by atoms with E-state index in [1.807, 2.05) is 23.6 Å². The van der Waals surface area contributed by atoms with Crippen LogP contribution in [0.5, 0.6) is 5.75 Å². The van der Waals surface area contributed by atoms with Crippen LogP contribution in [0.4, 0.5) is 0 Å². The Morgan fingerprint density at radius 3 is 2.94 bits per heavy atom. The molecular formula is C13H12ClNO2S. The van der Waals surface area contributed by atoms with Crippen LogP contribution in [0.1, 0.15) is 9.67 Å². The largest absolute Gasteiger partial charge is 0.492 e. The molecule has 0 aliphatic rings. The summed E-state index contributed by atoms with van der Waals surface area (Å²) in [6.07, 6.45) is 0. The summed E-state index contributed by atoms with van der Waals surface area (Å²) in [5.74, 6) is 0.632. The van der Waals surface area contributed by atoms with E-state index in [2.05, 4.69) is 5.32 Å². The molecule has 5 heteroatoms. The predicted octanol–water partition coefficient (Wildman–Crippen LogP) is 3.21. The third kappa shape index (κ3) is 3.75. The molecule has 18 heavy (non-hydrogen) atoms. The van der Waals surface area contributed by atoms with E-state index in [1.165, 1.54) is 11.3 Å². The summed E-state index contributed by atoms with van der Waals surface area (Å²) in [6.45, 7) is 0.876. The minimum atomic E-state index is -0.0697. The number of halogens is 1. The van der Waals surface area contributed by atoms with Gasteiger partial charge in [-0.1, -0.05) is 23.7 Å². The molecule has 2 aromatic rings. The van der Waals surface area contributed by atoms with Crippen molar-refractivity contribution in [2.75, 3.05) is 13.2 Å². The average molecular weight is 282 g/mol. The van der Waals surface area contributed by atoms with Crippen LogP contribution in [0.25, 0.3) is 0 Å². The third-order valence-electron chi connectivity index (χ3n) is 2.20. The van der Waals surface area contributed by atoms with Gasteiger partial charge in [-0.2, -0.15) is 0 Å². The lowest BCUT2D eigenvalue weighted by atomic mass is 10.3. The molecule has 0 spiro atoms. The van der Waals surface area contributed by atoms with Crippen molar-refractivity contribution in [1.82, 2.24) is 5.32 Å². The first-order valence-electron chi connectivity index (χ1n) is 5.46. The van der Waals surface area contributed by atoms with Gasteiger partial charge in [-0.15, -0.1) is 11.3 Å². The van der Waals surface area contributed by atoms with Gasteiger partial charge in [0.25, 0.3) is 5.91 Å². The fraction of sp³-hybridized carbons (Fsp3) is 0.154. The van der Waals surface area contributed by atoms with Crippen LogP contribution in [0.2, 0.25) is 5.02 Å². The zero-order chi connectivity index (χ0) is 12.8. The van der Waals surface area contributed by atoms with E-state index in [-0.39, 0.29) is 5.91 Å². The van der Waals surface area contributed by atoms with Crippen LogP contribution >= 0.6 is 22.9 Å². The Hall–Kier alpha value is -1.52. The van der Waals surface area contributed by atoms with Crippen LogP contribution in [0.15, 0.2) is 41.8 Å². The van der Waals surface area contributed by atoms with Crippen molar-refractivity contribution in [3.63, 3.8) is 0 Å². The molecule has 1 amide bonds. The lowest BCUT2D eigenvalue weighted by molar-refractivity contribution is 0.0951. The summed E-state index contributed by atoms with van der Waals surface area (Å²) in [7, 11) is 0. The lowest BCUT2D eigenvalue weighted by Crippen LogP contribution is -2.27. The van der Waals surface area contributed by atoms with E-state index in [4.69, 9.17) is 16.3 Å². The first-order chi connectivity index (χ1) is 8.75. The van der Waals surface area contributed by atoms with E-state index in [0.717, 1.165) is 0 Å². The number of rotatable bonds is 5. The van der Waals surface area contributed by atoms with E-state index < -0.39 is 0 Å². The second-order valence-corrected chi connectivity index (χ2v) is 4.92. The van der Waals surface area contributed by atoms with Crippen molar-refractivity contribution in [2.24, 2.45) is 0 Å². The van der Waals surface area contributed by atoms with Crippen LogP contribution in [0, 0.1) is 0 Å². The molecular weight excluding hydrogens is 270 g/mol. The molecule has 1 aromatic carbocycles. The Morgan fingerprint density at radius 1 is 1.33 bits per heavy atom. The van der Waals surface area contributed by atoms with Crippen molar-refractivity contribution in [3.05, 3.63) is 51.7 Å². The quantitative estimate of drug-likeness (QED) is 0.855. The zero-order valence-electron chi connectivity index (χ0n) is 9.56. The molecule has 3 nitrogen and oxygen atoms in total. The highest BCUT2D eigenvalue weighted by atomic mass is 35.5. The number of carbonyl (C=O) groups excluding carboxylic acids is 1. The van der Waals surface area contributed by atoms with Crippen LogP contribution in [0.3, 0.4) is 0 Å². The minimum absolute atomic E-state index is 0.0697. The maximum absolute atomic E-state index is 11.6. The fourth-order valence-corrected chi connectivity index (χ4v) is 2.21. The standard InChI is InChI=1S/C13H12ClNO2S/c14-10-3-1-4-11(9-10)17-7-6-15-13(16)12-5-2-8-18-12/h1-5,8-9H,6-7H2,(H,15,16). The van der Waals surface area contributed by atoms with E-state index >= 15 is 0 Å². The second-order valence-electron chi connectivity index (χ2n) is 3.54. The molecule has 0 aliphatic carbocycles. The highest BCUT2D eigenvalue weighted by Gasteiger charge is 2.04. The maximum Gasteiger partial charge on any atom is 0.261 e. The van der Waals surface area contributed by atoms with Gasteiger partial charge in [0.15, 0.2) is 0 Å². The van der Waals surface area contributed by atoms with Crippen LogP contribution < -0.4 is 10.1 Å². The summed E-state index contributed by atoms with van der Waals surface area (Å²) in [4.78, 5) is 12.3. The average Bonchev–Trinajstić information content (AvgIpc) is 2.88. The number of ether oxygens (including phenoxy) is 1. The van der Waals surface area contributed by atoms with Crippen molar-refractivity contribution < 1.29 is 9.53 Å². The number of benzene rings is 1. The van der Waals surface area contributed by atoms with Gasteiger partial charge in [0, 0.05) is 5.02 Å². The summed E-state index contributed by atoms with van der Waals surface area (Å²) in [6, 6.07) is 10.8. The second kappa shape index (κ2) is 6.42. The van der Waals surface area contributed by atoms with Gasteiger partial charge in [0.05, 0.1) is 11.4 Å². The molecule has 0 saturated carbocycles. The summed E-state index contributed by atoms with van der Waals surface area (Å²) in [5, 5.41) is 5.29. The van der Waals surface area contributed by atoms with Crippen LogP contribution in [-0.2, 0) is 0 Å². The van der Waals surface area contributed by atoms with E-state index in [9.17, 15) is 4.79 Å². The lowest BCUT2D eigenvalue weighted by Gasteiger charge is -2.07. The van der Waals surface area contributed by atoms with Crippen molar-refractivity contribution in [3.8, 4) is 5.75 Å². The van der Waals surface area contributed by atoms with Gasteiger partial charge in [-0.3, -0.25) is 4.79 Å². The molecule has 0 bridgehead atoms. The Morgan fingerprint density at radius 2 is 2.22 bits per heavy atom. The van der Waals surface area contributed by atoms with Crippen LogP contribution in [-0.4, -0.2) is 19.1 Å². The Kier molecular flexibility index (Phi) is 4.61. The minimum Gasteiger partial charge on any atom is -0.492 e. The Bertz CT molecular complexity index is 513. The highest BCUT2D eigenvalue weighted by Crippen LogP contribution is 2.16. The molecule has 1 N–H and O–H groups in total. The SMILES string of the molecule is O=C(NCCOc1cccc(Cl)c1)c1cccs1. The molecule has 94 valence electrons. The predicted molar refractivity (Wildman–Crippen MR) is 73.6 cm³/mol. The summed E-state index contributed by atoms with van der Waals surface area (Å²) < 4.78 is 5.46. The van der Waals surface area contributed by atoms with Gasteiger partial charge < -0.3 is 10.1 Å². The fourth-order valence-electron chi connectivity index (χ4n) is 1.39. The van der Waals surface area contributed by atoms with Crippen molar-refractivity contribution in [2.45, 2.75) is 0 Å². The number of hydrogen-bond donors (Lipinski definition) is 1. The van der Waals surface area contributed by atoms with Gasteiger partial charge in [0.1, 0.15) is 12.4 Å². The van der Waals surface area contributed by atoms with Gasteiger partial charge >= 0.3 is 0 Å². The van der Waals surface area contributed by atoms with Gasteiger partial charge in [0.2, 0.25) is 0 Å². The third-order valence-corrected chi connectivity index (χ3v) is 3.30. The van der Waals surface area contributed by atoms with Crippen molar-refractivity contribution >= 4 is 28.8 Å². The number of carbonyl (C=O) groups is 1. The highest BCUT2D eigenvalue weighted by molar-refractivity contribution is 7.12. The monoisotopic (exact) mass is 281 g/mol. The molecule has 0 fully saturated rings. The smallest absolute Gasteiger partial charge is 0.261 e. The van der Waals surface area contributed by atoms with Gasteiger partial charge in [-0.25, -0.2) is 0 Å². The Labute approximate surface area is 114 Å². The molecule has 1 heterocycles. The summed E-state index contributed by atoms with van der Waals surface area (Å²) in [5.41, 5.74) is 0. The molecule has 2 rings (SSSR count).